The normalized spacial score (nSPS) is 18.3. The van der Waals surface area contributed by atoms with Gasteiger partial charge in [0.2, 0.25) is 5.91 Å². The predicted molar refractivity (Wildman–Crippen MR) is 99.9 cm³/mol. The number of hydrogen-bond donors (Lipinski definition) is 2. The van der Waals surface area contributed by atoms with Gasteiger partial charge >= 0.3 is 0 Å². The molecule has 7 heteroatoms. The van der Waals surface area contributed by atoms with Gasteiger partial charge < -0.3 is 15.4 Å². The number of morpholine rings is 1. The topological polar surface area (TPSA) is 70.7 Å². The minimum atomic E-state index is -0.0810. The van der Waals surface area contributed by atoms with Crippen molar-refractivity contribution in [2.45, 2.75) is 32.8 Å². The Kier molecular flexibility index (Phi) is 8.37. The van der Waals surface area contributed by atoms with Crippen LogP contribution in [0.15, 0.2) is 16.8 Å². The molecule has 2 rings (SSSR count). The molecule has 1 saturated heterocycles. The van der Waals surface area contributed by atoms with Crippen molar-refractivity contribution in [3.8, 4) is 0 Å². The van der Waals surface area contributed by atoms with Crippen molar-refractivity contribution in [2.24, 2.45) is 5.92 Å². The number of nitrogens with one attached hydrogen (secondary N) is 2. The fourth-order valence-electron chi connectivity index (χ4n) is 2.85. The van der Waals surface area contributed by atoms with Gasteiger partial charge in [-0.1, -0.05) is 13.8 Å². The monoisotopic (exact) mass is 367 g/mol. The number of rotatable bonds is 9. The first kappa shape index (κ1) is 19.9. The van der Waals surface area contributed by atoms with E-state index in [4.69, 9.17) is 4.74 Å². The summed E-state index contributed by atoms with van der Waals surface area (Å²) in [7, 11) is 0. The summed E-state index contributed by atoms with van der Waals surface area (Å²) in [5.74, 6) is 0.564. The van der Waals surface area contributed by atoms with Crippen molar-refractivity contribution in [3.05, 3.63) is 22.4 Å². The minimum absolute atomic E-state index is 0.00867. The highest BCUT2D eigenvalue weighted by molar-refractivity contribution is 7.08. The molecule has 1 aliphatic heterocycles. The van der Waals surface area contributed by atoms with Crippen molar-refractivity contribution in [1.29, 1.82) is 0 Å². The molecule has 1 aromatic rings. The van der Waals surface area contributed by atoms with Crippen LogP contribution >= 0.6 is 11.3 Å². The molecule has 2 heterocycles. The zero-order valence-corrected chi connectivity index (χ0v) is 15.9. The van der Waals surface area contributed by atoms with Crippen molar-refractivity contribution in [1.82, 2.24) is 15.5 Å². The molecule has 2 N–H and O–H groups in total. The van der Waals surface area contributed by atoms with E-state index in [9.17, 15) is 9.59 Å². The van der Waals surface area contributed by atoms with E-state index in [1.54, 1.807) is 6.07 Å². The molecule has 0 aromatic carbocycles. The third kappa shape index (κ3) is 7.54. The van der Waals surface area contributed by atoms with E-state index in [0.717, 1.165) is 26.2 Å². The SMILES string of the molecule is CC(C)CN1CCOC(CNC(=O)CCCNC(=O)c2ccsc2)C1. The zero-order valence-electron chi connectivity index (χ0n) is 15.1. The smallest absolute Gasteiger partial charge is 0.252 e. The van der Waals surface area contributed by atoms with Gasteiger partial charge in [0.25, 0.3) is 5.91 Å². The molecular weight excluding hydrogens is 338 g/mol. The van der Waals surface area contributed by atoms with Gasteiger partial charge in [-0.05, 0) is 23.8 Å². The molecule has 1 unspecified atom stereocenters. The fraction of sp³-hybridized carbons (Fsp3) is 0.667. The van der Waals surface area contributed by atoms with Gasteiger partial charge in [0.15, 0.2) is 0 Å². The second kappa shape index (κ2) is 10.5. The minimum Gasteiger partial charge on any atom is -0.374 e. The van der Waals surface area contributed by atoms with Crippen LogP contribution in [0.4, 0.5) is 0 Å². The maximum atomic E-state index is 11.9. The molecule has 0 radical (unpaired) electrons. The molecule has 25 heavy (non-hydrogen) atoms. The van der Waals surface area contributed by atoms with Gasteiger partial charge in [-0.25, -0.2) is 0 Å². The summed E-state index contributed by atoms with van der Waals surface area (Å²) >= 11 is 1.50. The maximum absolute atomic E-state index is 11.9. The first-order valence-electron chi connectivity index (χ1n) is 8.95. The summed E-state index contributed by atoms with van der Waals surface area (Å²) in [6.07, 6.45) is 1.11. The largest absolute Gasteiger partial charge is 0.374 e. The lowest BCUT2D eigenvalue weighted by Crippen LogP contribution is -2.48. The van der Waals surface area contributed by atoms with Crippen LogP contribution in [0.3, 0.4) is 0 Å². The number of hydrogen-bond acceptors (Lipinski definition) is 5. The first-order chi connectivity index (χ1) is 12.0. The standard InChI is InChI=1S/C18H29N3O3S/c1-14(2)11-21-7-8-24-16(12-21)10-20-17(22)4-3-6-19-18(23)15-5-9-25-13-15/h5,9,13-14,16H,3-4,6-8,10-12H2,1-2H3,(H,19,23)(H,20,22). The quantitative estimate of drug-likeness (QED) is 0.652. The molecule has 0 aliphatic carbocycles. The number of thiophene rings is 1. The fourth-order valence-corrected chi connectivity index (χ4v) is 3.48. The summed E-state index contributed by atoms with van der Waals surface area (Å²) in [6, 6.07) is 1.79. The maximum Gasteiger partial charge on any atom is 0.252 e. The van der Waals surface area contributed by atoms with Crippen LogP contribution in [-0.2, 0) is 9.53 Å². The summed E-state index contributed by atoms with van der Waals surface area (Å²) < 4.78 is 5.73. The Bertz CT molecular complexity index is 534. The zero-order chi connectivity index (χ0) is 18.1. The molecule has 1 aliphatic rings. The lowest BCUT2D eigenvalue weighted by atomic mass is 10.2. The molecule has 1 aromatic heterocycles. The molecule has 6 nitrogen and oxygen atoms in total. The third-order valence-electron chi connectivity index (χ3n) is 4.02. The Hall–Kier alpha value is -1.44. The lowest BCUT2D eigenvalue weighted by Gasteiger charge is -2.33. The Morgan fingerprint density at radius 2 is 2.24 bits per heavy atom. The van der Waals surface area contributed by atoms with Crippen LogP contribution in [0.2, 0.25) is 0 Å². The highest BCUT2D eigenvalue weighted by Gasteiger charge is 2.21. The molecule has 0 bridgehead atoms. The van der Waals surface area contributed by atoms with E-state index in [1.165, 1.54) is 11.3 Å². The van der Waals surface area contributed by atoms with Crippen molar-refractivity contribution in [2.75, 3.05) is 39.3 Å². The van der Waals surface area contributed by atoms with Gasteiger partial charge in [0, 0.05) is 50.1 Å². The molecule has 0 saturated carbocycles. The second-order valence-corrected chi connectivity index (χ2v) is 7.60. The average molecular weight is 368 g/mol. The van der Waals surface area contributed by atoms with Gasteiger partial charge in [-0.15, -0.1) is 0 Å². The van der Waals surface area contributed by atoms with E-state index >= 15 is 0 Å². The number of carbonyl (C=O) groups is 2. The third-order valence-corrected chi connectivity index (χ3v) is 4.71. The Morgan fingerprint density at radius 3 is 2.96 bits per heavy atom. The van der Waals surface area contributed by atoms with Gasteiger partial charge in [0.05, 0.1) is 12.7 Å². The predicted octanol–water partition coefficient (Wildman–Crippen LogP) is 1.73. The van der Waals surface area contributed by atoms with Gasteiger partial charge in [-0.2, -0.15) is 11.3 Å². The molecular formula is C18H29N3O3S. The Labute approximate surface area is 153 Å². The van der Waals surface area contributed by atoms with Crippen LogP contribution in [-0.4, -0.2) is 62.1 Å². The highest BCUT2D eigenvalue weighted by atomic mass is 32.1. The van der Waals surface area contributed by atoms with Gasteiger partial charge in [-0.3, -0.25) is 14.5 Å². The van der Waals surface area contributed by atoms with E-state index in [1.807, 2.05) is 10.8 Å². The Balaban J connectivity index is 1.55. The molecule has 1 fully saturated rings. The molecule has 0 spiro atoms. The molecule has 1 atom stereocenters. The second-order valence-electron chi connectivity index (χ2n) is 6.82. The van der Waals surface area contributed by atoms with Crippen molar-refractivity contribution < 1.29 is 14.3 Å². The van der Waals surface area contributed by atoms with Crippen LogP contribution in [0, 0.1) is 5.92 Å². The molecule has 2 amide bonds. The number of nitrogens with zero attached hydrogens (tertiary/aromatic N) is 1. The van der Waals surface area contributed by atoms with Crippen molar-refractivity contribution in [3.63, 3.8) is 0 Å². The van der Waals surface area contributed by atoms with E-state index < -0.39 is 0 Å². The van der Waals surface area contributed by atoms with Crippen LogP contribution in [0.25, 0.3) is 0 Å². The van der Waals surface area contributed by atoms with E-state index in [0.29, 0.717) is 37.4 Å². The average Bonchev–Trinajstić information content (AvgIpc) is 3.11. The summed E-state index contributed by atoms with van der Waals surface area (Å²) in [5.41, 5.74) is 0.676. The number of carbonyl (C=O) groups excluding carboxylic acids is 2. The summed E-state index contributed by atoms with van der Waals surface area (Å²) in [5, 5.41) is 9.45. The van der Waals surface area contributed by atoms with E-state index in [-0.39, 0.29) is 17.9 Å². The van der Waals surface area contributed by atoms with Crippen LogP contribution in [0.5, 0.6) is 0 Å². The van der Waals surface area contributed by atoms with Gasteiger partial charge in [0.1, 0.15) is 0 Å². The summed E-state index contributed by atoms with van der Waals surface area (Å²) in [6.45, 7) is 9.10. The number of ether oxygens (including phenoxy) is 1. The van der Waals surface area contributed by atoms with Crippen LogP contribution in [0.1, 0.15) is 37.0 Å². The summed E-state index contributed by atoms with van der Waals surface area (Å²) in [4.78, 5) is 26.1. The molecule has 140 valence electrons. The number of amides is 2. The van der Waals surface area contributed by atoms with E-state index in [2.05, 4.69) is 29.4 Å². The Morgan fingerprint density at radius 1 is 1.40 bits per heavy atom. The van der Waals surface area contributed by atoms with Crippen LogP contribution < -0.4 is 10.6 Å². The van der Waals surface area contributed by atoms with Crippen molar-refractivity contribution >= 4 is 23.2 Å². The lowest BCUT2D eigenvalue weighted by molar-refractivity contribution is -0.122. The highest BCUT2D eigenvalue weighted by Crippen LogP contribution is 2.08. The first-order valence-corrected chi connectivity index (χ1v) is 9.90.